The Morgan fingerprint density at radius 2 is 1.86 bits per heavy atom. The Morgan fingerprint density at radius 1 is 1.10 bits per heavy atom. The fourth-order valence-electron chi connectivity index (χ4n) is 1.80. The molecule has 0 aliphatic heterocycles. The predicted octanol–water partition coefficient (Wildman–Crippen LogP) is 2.95. The van der Waals surface area contributed by atoms with Gasteiger partial charge in [-0.25, -0.2) is 0 Å². The average Bonchev–Trinajstić information content (AvgIpc) is 2.54. The first-order valence-electron chi connectivity index (χ1n) is 6.16. The molecule has 0 saturated carbocycles. The molecule has 0 saturated heterocycles. The van der Waals surface area contributed by atoms with Crippen molar-refractivity contribution in [3.63, 3.8) is 0 Å². The first-order valence-corrected chi connectivity index (χ1v) is 6.98. The van der Waals surface area contributed by atoms with Crippen LogP contribution in [0.5, 0.6) is 11.5 Å². The number of benzene rings is 2. The maximum absolute atomic E-state index is 8.90. The summed E-state index contributed by atoms with van der Waals surface area (Å²) in [6.45, 7) is 0. The molecule has 0 radical (unpaired) electrons. The molecular formula is C15H16N2O3S. The summed E-state index contributed by atoms with van der Waals surface area (Å²) in [5, 5.41) is 12.0. The van der Waals surface area contributed by atoms with E-state index in [-0.39, 0.29) is 5.84 Å². The van der Waals surface area contributed by atoms with Gasteiger partial charge in [0.15, 0.2) is 5.84 Å². The first-order chi connectivity index (χ1) is 10.2. The van der Waals surface area contributed by atoms with E-state index in [9.17, 15) is 0 Å². The van der Waals surface area contributed by atoms with Gasteiger partial charge < -0.3 is 20.4 Å². The van der Waals surface area contributed by atoms with Gasteiger partial charge in [0.2, 0.25) is 0 Å². The molecule has 0 aromatic heterocycles. The number of hydrogen-bond acceptors (Lipinski definition) is 5. The summed E-state index contributed by atoms with van der Waals surface area (Å²) < 4.78 is 10.6. The van der Waals surface area contributed by atoms with Crippen molar-refractivity contribution >= 4 is 17.6 Å². The second-order valence-corrected chi connectivity index (χ2v) is 5.18. The number of oxime groups is 1. The summed E-state index contributed by atoms with van der Waals surface area (Å²) in [6, 6.07) is 13.0. The monoisotopic (exact) mass is 304 g/mol. The predicted molar refractivity (Wildman–Crippen MR) is 82.6 cm³/mol. The third-order valence-electron chi connectivity index (χ3n) is 2.86. The molecule has 0 spiro atoms. The largest absolute Gasteiger partial charge is 0.497 e. The highest BCUT2D eigenvalue weighted by molar-refractivity contribution is 7.99. The van der Waals surface area contributed by atoms with E-state index in [4.69, 9.17) is 20.4 Å². The van der Waals surface area contributed by atoms with Crippen LogP contribution in [0, 0.1) is 0 Å². The maximum atomic E-state index is 8.90. The zero-order valence-electron chi connectivity index (χ0n) is 11.7. The molecule has 5 nitrogen and oxygen atoms in total. The van der Waals surface area contributed by atoms with Crippen molar-refractivity contribution in [3.8, 4) is 11.5 Å². The van der Waals surface area contributed by atoms with E-state index < -0.39 is 0 Å². The van der Waals surface area contributed by atoms with E-state index in [1.807, 2.05) is 30.3 Å². The molecule has 3 N–H and O–H groups in total. The topological polar surface area (TPSA) is 77.1 Å². The number of methoxy groups -OCH3 is 2. The van der Waals surface area contributed by atoms with Crippen molar-refractivity contribution in [1.82, 2.24) is 0 Å². The second-order valence-electron chi connectivity index (χ2n) is 4.10. The summed E-state index contributed by atoms with van der Waals surface area (Å²) in [5.41, 5.74) is 6.36. The van der Waals surface area contributed by atoms with E-state index in [0.717, 1.165) is 15.5 Å². The Balaban J connectivity index is 2.46. The zero-order chi connectivity index (χ0) is 15.2. The van der Waals surface area contributed by atoms with Crippen LogP contribution in [-0.2, 0) is 0 Å². The van der Waals surface area contributed by atoms with Crippen LogP contribution in [0.4, 0.5) is 0 Å². The standard InChI is InChI=1S/C15H16N2O3S/c1-19-10-7-8-11(15(16)17-18)14(9-10)21-13-6-4-3-5-12(13)20-2/h3-9,18H,1-2H3,(H2,16,17). The summed E-state index contributed by atoms with van der Waals surface area (Å²) in [6.07, 6.45) is 0. The number of para-hydroxylation sites is 1. The van der Waals surface area contributed by atoms with E-state index in [1.54, 1.807) is 26.4 Å². The highest BCUT2D eigenvalue weighted by Crippen LogP contribution is 2.37. The minimum absolute atomic E-state index is 0.0510. The Bertz CT molecular complexity index is 659. The maximum Gasteiger partial charge on any atom is 0.171 e. The van der Waals surface area contributed by atoms with Gasteiger partial charge >= 0.3 is 0 Å². The van der Waals surface area contributed by atoms with Crippen molar-refractivity contribution in [1.29, 1.82) is 0 Å². The molecule has 2 aromatic rings. The van der Waals surface area contributed by atoms with Gasteiger partial charge in [0, 0.05) is 10.5 Å². The van der Waals surface area contributed by atoms with Crippen LogP contribution in [0.1, 0.15) is 5.56 Å². The lowest BCUT2D eigenvalue weighted by molar-refractivity contribution is 0.318. The van der Waals surface area contributed by atoms with Crippen LogP contribution in [0.15, 0.2) is 57.4 Å². The molecule has 0 unspecified atom stereocenters. The highest BCUT2D eigenvalue weighted by atomic mass is 32.2. The zero-order valence-corrected chi connectivity index (χ0v) is 12.6. The van der Waals surface area contributed by atoms with E-state index >= 15 is 0 Å². The smallest absolute Gasteiger partial charge is 0.171 e. The van der Waals surface area contributed by atoms with Gasteiger partial charge in [0.05, 0.1) is 19.1 Å². The summed E-state index contributed by atoms with van der Waals surface area (Å²) >= 11 is 1.46. The van der Waals surface area contributed by atoms with Gasteiger partial charge in [-0.15, -0.1) is 0 Å². The molecule has 21 heavy (non-hydrogen) atoms. The lowest BCUT2D eigenvalue weighted by Gasteiger charge is -2.12. The SMILES string of the molecule is COc1ccc(/C(N)=N/O)c(Sc2ccccc2OC)c1. The van der Waals surface area contributed by atoms with E-state index in [2.05, 4.69) is 5.16 Å². The molecule has 6 heteroatoms. The van der Waals surface area contributed by atoms with Gasteiger partial charge in [0.1, 0.15) is 11.5 Å². The van der Waals surface area contributed by atoms with Crippen LogP contribution in [-0.4, -0.2) is 25.3 Å². The number of hydrogen-bond donors (Lipinski definition) is 2. The van der Waals surface area contributed by atoms with Crippen molar-refractivity contribution in [3.05, 3.63) is 48.0 Å². The van der Waals surface area contributed by atoms with Crippen LogP contribution in [0.25, 0.3) is 0 Å². The third kappa shape index (κ3) is 3.41. The normalized spacial score (nSPS) is 11.2. The first kappa shape index (κ1) is 15.1. The minimum Gasteiger partial charge on any atom is -0.497 e. The molecular weight excluding hydrogens is 288 g/mol. The fourth-order valence-corrected chi connectivity index (χ4v) is 2.89. The van der Waals surface area contributed by atoms with Crippen LogP contribution in [0.3, 0.4) is 0 Å². The Hall–Kier alpha value is -2.34. The van der Waals surface area contributed by atoms with Crippen molar-refractivity contribution < 1.29 is 14.7 Å². The lowest BCUT2D eigenvalue weighted by Crippen LogP contribution is -2.14. The number of ether oxygens (including phenoxy) is 2. The van der Waals surface area contributed by atoms with Crippen molar-refractivity contribution in [2.24, 2.45) is 10.9 Å². The fraction of sp³-hybridized carbons (Fsp3) is 0.133. The second kappa shape index (κ2) is 6.90. The molecule has 0 heterocycles. The molecule has 0 bridgehead atoms. The van der Waals surface area contributed by atoms with Gasteiger partial charge in [-0.05, 0) is 30.3 Å². The Morgan fingerprint density at radius 3 is 2.52 bits per heavy atom. The lowest BCUT2D eigenvalue weighted by atomic mass is 10.2. The van der Waals surface area contributed by atoms with Crippen LogP contribution >= 0.6 is 11.8 Å². The molecule has 0 aliphatic rings. The van der Waals surface area contributed by atoms with Crippen LogP contribution in [0.2, 0.25) is 0 Å². The van der Waals surface area contributed by atoms with Crippen molar-refractivity contribution in [2.45, 2.75) is 9.79 Å². The summed E-state index contributed by atoms with van der Waals surface area (Å²) in [7, 11) is 3.21. The molecule has 0 atom stereocenters. The number of rotatable bonds is 5. The number of nitrogens with zero attached hydrogens (tertiary/aromatic N) is 1. The van der Waals surface area contributed by atoms with Gasteiger partial charge in [-0.2, -0.15) is 0 Å². The van der Waals surface area contributed by atoms with E-state index in [0.29, 0.717) is 11.3 Å². The molecule has 0 aliphatic carbocycles. The molecule has 110 valence electrons. The van der Waals surface area contributed by atoms with E-state index in [1.165, 1.54) is 11.8 Å². The average molecular weight is 304 g/mol. The molecule has 0 fully saturated rings. The minimum atomic E-state index is 0.0510. The van der Waals surface area contributed by atoms with Gasteiger partial charge in [0.25, 0.3) is 0 Å². The highest BCUT2D eigenvalue weighted by Gasteiger charge is 2.12. The van der Waals surface area contributed by atoms with Gasteiger partial charge in [-0.3, -0.25) is 0 Å². The molecule has 0 amide bonds. The third-order valence-corrected chi connectivity index (χ3v) is 3.98. The molecule has 2 rings (SSSR count). The van der Waals surface area contributed by atoms with Crippen LogP contribution < -0.4 is 15.2 Å². The quantitative estimate of drug-likeness (QED) is 0.384. The summed E-state index contributed by atoms with van der Waals surface area (Å²) in [4.78, 5) is 1.74. The number of amidine groups is 1. The molecule has 2 aromatic carbocycles. The van der Waals surface area contributed by atoms with Crippen molar-refractivity contribution in [2.75, 3.05) is 14.2 Å². The number of nitrogens with two attached hydrogens (primary N) is 1. The Labute approximate surface area is 127 Å². The Kier molecular flexibility index (Phi) is 4.94. The summed E-state index contributed by atoms with van der Waals surface area (Å²) in [5.74, 6) is 1.51. The van der Waals surface area contributed by atoms with Gasteiger partial charge in [-0.1, -0.05) is 29.1 Å².